The molecule has 1 aliphatic carbocycles. The molecule has 0 spiro atoms. The van der Waals surface area contributed by atoms with Crippen LogP contribution in [0.5, 0.6) is 0 Å². The molecule has 1 saturated carbocycles. The highest BCUT2D eigenvalue weighted by Crippen LogP contribution is 2.36. The Labute approximate surface area is 105 Å². The zero-order chi connectivity index (χ0) is 12.3. The van der Waals surface area contributed by atoms with E-state index < -0.39 is 0 Å². The van der Waals surface area contributed by atoms with Crippen LogP contribution in [-0.2, 0) is 0 Å². The lowest BCUT2D eigenvalue weighted by atomic mass is 10.0. The van der Waals surface area contributed by atoms with Gasteiger partial charge in [0.2, 0.25) is 0 Å². The smallest absolute Gasteiger partial charge is 0.0444 e. The molecule has 1 aliphatic rings. The summed E-state index contributed by atoms with van der Waals surface area (Å²) >= 11 is 0. The number of benzene rings is 1. The number of rotatable bonds is 6. The van der Waals surface area contributed by atoms with E-state index in [4.69, 9.17) is 5.73 Å². The maximum absolute atomic E-state index is 5.87. The highest BCUT2D eigenvalue weighted by molar-refractivity contribution is 5.25. The Morgan fingerprint density at radius 3 is 2.76 bits per heavy atom. The van der Waals surface area contributed by atoms with Crippen LogP contribution in [0, 0.1) is 18.8 Å². The second kappa shape index (κ2) is 5.65. The Hall–Kier alpha value is -0.860. The molecule has 94 valence electrons. The van der Waals surface area contributed by atoms with Crippen LogP contribution < -0.4 is 11.1 Å². The van der Waals surface area contributed by atoms with E-state index in [1.165, 1.54) is 24.0 Å². The number of hydrogen-bond donors (Lipinski definition) is 2. The monoisotopic (exact) mass is 232 g/mol. The molecule has 1 fully saturated rings. The minimum atomic E-state index is 0.302. The van der Waals surface area contributed by atoms with Crippen molar-refractivity contribution >= 4 is 0 Å². The Balaban J connectivity index is 1.91. The van der Waals surface area contributed by atoms with Gasteiger partial charge >= 0.3 is 0 Å². The normalized spacial score (nSPS) is 19.0. The molecule has 1 aromatic rings. The first kappa shape index (κ1) is 12.6. The van der Waals surface area contributed by atoms with Gasteiger partial charge in [-0.1, -0.05) is 36.8 Å². The highest BCUT2D eigenvalue weighted by atomic mass is 14.9. The van der Waals surface area contributed by atoms with Gasteiger partial charge in [-0.05, 0) is 43.7 Å². The third-order valence-corrected chi connectivity index (χ3v) is 3.79. The Morgan fingerprint density at radius 1 is 1.41 bits per heavy atom. The Morgan fingerprint density at radius 2 is 2.18 bits per heavy atom. The first-order valence-corrected chi connectivity index (χ1v) is 6.70. The molecule has 0 amide bonds. The predicted octanol–water partition coefficient (Wildman–Crippen LogP) is 2.63. The molecule has 0 bridgehead atoms. The average Bonchev–Trinajstić information content (AvgIpc) is 3.13. The minimum absolute atomic E-state index is 0.302. The fourth-order valence-corrected chi connectivity index (χ4v) is 2.38. The molecule has 0 aromatic heterocycles. The largest absolute Gasteiger partial charge is 0.329 e. The summed E-state index contributed by atoms with van der Waals surface area (Å²) in [5, 5.41) is 3.61. The highest BCUT2D eigenvalue weighted by Gasteiger charge is 2.27. The van der Waals surface area contributed by atoms with Gasteiger partial charge < -0.3 is 11.1 Å². The summed E-state index contributed by atoms with van der Waals surface area (Å²) in [5.74, 6) is 1.74. The maximum atomic E-state index is 5.87. The summed E-state index contributed by atoms with van der Waals surface area (Å²) in [6.45, 7) is 6.22. The predicted molar refractivity (Wildman–Crippen MR) is 72.9 cm³/mol. The van der Waals surface area contributed by atoms with Crippen molar-refractivity contribution in [1.82, 2.24) is 5.32 Å². The fraction of sp³-hybridized carbons (Fsp3) is 0.600. The molecule has 2 heteroatoms. The molecule has 2 nitrogen and oxygen atoms in total. The van der Waals surface area contributed by atoms with Gasteiger partial charge in [-0.3, -0.25) is 0 Å². The standard InChI is InChI=1S/C15H24N2/c1-11-4-3-5-14(8-11)15(9-16)17-10-12(2)13-6-7-13/h3-5,8,12-13,15,17H,6-7,9-10,16H2,1-2H3. The third-order valence-electron chi connectivity index (χ3n) is 3.79. The van der Waals surface area contributed by atoms with Crippen molar-refractivity contribution in [3.8, 4) is 0 Å². The summed E-state index contributed by atoms with van der Waals surface area (Å²) in [4.78, 5) is 0. The van der Waals surface area contributed by atoms with Crippen molar-refractivity contribution in [2.45, 2.75) is 32.7 Å². The molecule has 2 atom stereocenters. The van der Waals surface area contributed by atoms with Crippen LogP contribution in [0.1, 0.15) is 36.9 Å². The summed E-state index contributed by atoms with van der Waals surface area (Å²) < 4.78 is 0. The zero-order valence-corrected chi connectivity index (χ0v) is 10.9. The van der Waals surface area contributed by atoms with Gasteiger partial charge in [0.1, 0.15) is 0 Å². The number of hydrogen-bond acceptors (Lipinski definition) is 2. The lowest BCUT2D eigenvalue weighted by Gasteiger charge is -2.20. The van der Waals surface area contributed by atoms with E-state index in [0.717, 1.165) is 18.4 Å². The zero-order valence-electron chi connectivity index (χ0n) is 10.9. The first-order chi connectivity index (χ1) is 8.20. The van der Waals surface area contributed by atoms with E-state index in [9.17, 15) is 0 Å². The van der Waals surface area contributed by atoms with Crippen LogP contribution in [-0.4, -0.2) is 13.1 Å². The number of nitrogens with one attached hydrogen (secondary N) is 1. The summed E-state index contributed by atoms with van der Waals surface area (Å²) in [6.07, 6.45) is 2.83. The van der Waals surface area contributed by atoms with Crippen LogP contribution >= 0.6 is 0 Å². The number of aryl methyl sites for hydroxylation is 1. The third kappa shape index (κ3) is 3.55. The van der Waals surface area contributed by atoms with Gasteiger partial charge in [0.25, 0.3) is 0 Å². The SMILES string of the molecule is Cc1cccc(C(CN)NCC(C)C2CC2)c1. The van der Waals surface area contributed by atoms with E-state index in [1.54, 1.807) is 0 Å². The first-order valence-electron chi connectivity index (χ1n) is 6.70. The van der Waals surface area contributed by atoms with Crippen molar-refractivity contribution in [2.75, 3.05) is 13.1 Å². The fourth-order valence-electron chi connectivity index (χ4n) is 2.38. The van der Waals surface area contributed by atoms with Gasteiger partial charge in [0, 0.05) is 12.6 Å². The molecule has 2 unspecified atom stereocenters. The lowest BCUT2D eigenvalue weighted by molar-refractivity contribution is 0.422. The molecule has 0 radical (unpaired) electrons. The van der Waals surface area contributed by atoms with E-state index in [2.05, 4.69) is 43.4 Å². The van der Waals surface area contributed by atoms with Gasteiger partial charge in [-0.2, -0.15) is 0 Å². The van der Waals surface area contributed by atoms with Crippen LogP contribution in [0.15, 0.2) is 24.3 Å². The molecule has 0 saturated heterocycles. The lowest BCUT2D eigenvalue weighted by Crippen LogP contribution is -2.32. The minimum Gasteiger partial charge on any atom is -0.329 e. The van der Waals surface area contributed by atoms with E-state index in [0.29, 0.717) is 12.6 Å². The Bertz CT molecular complexity index is 358. The van der Waals surface area contributed by atoms with Crippen LogP contribution in [0.2, 0.25) is 0 Å². The molecular weight excluding hydrogens is 208 g/mol. The van der Waals surface area contributed by atoms with Crippen molar-refractivity contribution in [2.24, 2.45) is 17.6 Å². The van der Waals surface area contributed by atoms with E-state index in [1.807, 2.05) is 0 Å². The molecule has 0 aliphatic heterocycles. The van der Waals surface area contributed by atoms with Crippen molar-refractivity contribution in [3.63, 3.8) is 0 Å². The summed E-state index contributed by atoms with van der Waals surface area (Å²) in [7, 11) is 0. The topological polar surface area (TPSA) is 38.0 Å². The second-order valence-electron chi connectivity index (χ2n) is 5.43. The molecule has 2 rings (SSSR count). The van der Waals surface area contributed by atoms with Crippen molar-refractivity contribution in [1.29, 1.82) is 0 Å². The van der Waals surface area contributed by atoms with Crippen LogP contribution in [0.25, 0.3) is 0 Å². The van der Waals surface area contributed by atoms with Gasteiger partial charge in [-0.25, -0.2) is 0 Å². The Kier molecular flexibility index (Phi) is 4.19. The van der Waals surface area contributed by atoms with Crippen LogP contribution in [0.3, 0.4) is 0 Å². The summed E-state index contributed by atoms with van der Waals surface area (Å²) in [6, 6.07) is 8.94. The van der Waals surface area contributed by atoms with E-state index >= 15 is 0 Å². The van der Waals surface area contributed by atoms with Crippen LogP contribution in [0.4, 0.5) is 0 Å². The van der Waals surface area contributed by atoms with Gasteiger partial charge in [0.05, 0.1) is 0 Å². The maximum Gasteiger partial charge on any atom is 0.0444 e. The number of nitrogens with two attached hydrogens (primary N) is 1. The average molecular weight is 232 g/mol. The summed E-state index contributed by atoms with van der Waals surface area (Å²) in [5.41, 5.74) is 8.49. The molecule has 17 heavy (non-hydrogen) atoms. The van der Waals surface area contributed by atoms with Gasteiger partial charge in [0.15, 0.2) is 0 Å². The van der Waals surface area contributed by atoms with Gasteiger partial charge in [-0.15, -0.1) is 0 Å². The second-order valence-corrected chi connectivity index (χ2v) is 5.43. The molecule has 1 aromatic carbocycles. The molecular formula is C15H24N2. The quantitative estimate of drug-likeness (QED) is 0.791. The van der Waals surface area contributed by atoms with E-state index in [-0.39, 0.29) is 0 Å². The molecule has 3 N–H and O–H groups in total. The molecule has 0 heterocycles. The van der Waals surface area contributed by atoms with Crippen molar-refractivity contribution in [3.05, 3.63) is 35.4 Å². The van der Waals surface area contributed by atoms with Crippen molar-refractivity contribution < 1.29 is 0 Å².